The van der Waals surface area contributed by atoms with Crippen molar-refractivity contribution in [2.45, 2.75) is 26.4 Å². The van der Waals surface area contributed by atoms with Crippen molar-refractivity contribution in [1.29, 1.82) is 0 Å². The Bertz CT molecular complexity index is 1090. The number of pyridine rings is 1. The zero-order valence-corrected chi connectivity index (χ0v) is 16.4. The van der Waals surface area contributed by atoms with E-state index in [1.165, 1.54) is 11.8 Å². The first-order valence-corrected chi connectivity index (χ1v) is 9.81. The van der Waals surface area contributed by atoms with E-state index in [2.05, 4.69) is 47.8 Å². The fourth-order valence-corrected chi connectivity index (χ4v) is 3.42. The number of benzene rings is 2. The normalized spacial score (nSPS) is 11.0. The molecule has 4 rings (SSSR count). The van der Waals surface area contributed by atoms with Crippen molar-refractivity contribution in [3.05, 3.63) is 95.7 Å². The Balaban J connectivity index is 1.38. The summed E-state index contributed by atoms with van der Waals surface area (Å²) in [6, 6.07) is 18.0. The van der Waals surface area contributed by atoms with Crippen LogP contribution in [0.3, 0.4) is 0 Å². The Morgan fingerprint density at radius 1 is 1.10 bits per heavy atom. The Kier molecular flexibility index (Phi) is 5.75. The SMILES string of the molecule is Cc1cn(NCCCc2ccncc2F)c2ccc(OCc3ccccc3)cc12. The van der Waals surface area contributed by atoms with Crippen LogP contribution in [0.5, 0.6) is 5.75 Å². The van der Waals surface area contributed by atoms with Gasteiger partial charge in [-0.05, 0) is 60.7 Å². The van der Waals surface area contributed by atoms with Crippen molar-refractivity contribution in [1.82, 2.24) is 9.66 Å². The van der Waals surface area contributed by atoms with E-state index in [9.17, 15) is 4.39 Å². The second-order valence-electron chi connectivity index (χ2n) is 7.11. The Morgan fingerprint density at radius 2 is 1.97 bits per heavy atom. The zero-order valence-electron chi connectivity index (χ0n) is 16.4. The highest BCUT2D eigenvalue weighted by Gasteiger charge is 2.08. The highest BCUT2D eigenvalue weighted by atomic mass is 19.1. The van der Waals surface area contributed by atoms with Crippen LogP contribution in [0.25, 0.3) is 10.9 Å². The molecule has 0 radical (unpaired) electrons. The molecule has 0 atom stereocenters. The predicted molar refractivity (Wildman–Crippen MR) is 114 cm³/mol. The molecule has 4 aromatic rings. The van der Waals surface area contributed by atoms with Crippen LogP contribution in [0.1, 0.15) is 23.1 Å². The maximum atomic E-state index is 13.7. The molecule has 0 spiro atoms. The van der Waals surface area contributed by atoms with Gasteiger partial charge in [0.05, 0.1) is 11.7 Å². The monoisotopic (exact) mass is 389 g/mol. The summed E-state index contributed by atoms with van der Waals surface area (Å²) in [5.74, 6) is 0.619. The second-order valence-corrected chi connectivity index (χ2v) is 7.11. The molecule has 0 bridgehead atoms. The van der Waals surface area contributed by atoms with Crippen LogP contribution in [0.4, 0.5) is 4.39 Å². The van der Waals surface area contributed by atoms with E-state index in [4.69, 9.17) is 4.74 Å². The van der Waals surface area contributed by atoms with Gasteiger partial charge in [-0.25, -0.2) is 4.39 Å². The smallest absolute Gasteiger partial charge is 0.144 e. The van der Waals surface area contributed by atoms with E-state index in [1.54, 1.807) is 12.3 Å². The largest absolute Gasteiger partial charge is 0.489 e. The van der Waals surface area contributed by atoms with Gasteiger partial charge in [0.15, 0.2) is 0 Å². The van der Waals surface area contributed by atoms with E-state index in [1.807, 2.05) is 28.9 Å². The molecule has 0 saturated heterocycles. The van der Waals surface area contributed by atoms with Gasteiger partial charge in [-0.2, -0.15) is 0 Å². The average Bonchev–Trinajstić information content (AvgIpc) is 3.07. The van der Waals surface area contributed by atoms with E-state index >= 15 is 0 Å². The maximum Gasteiger partial charge on any atom is 0.144 e. The fourth-order valence-electron chi connectivity index (χ4n) is 3.42. The molecule has 0 unspecified atom stereocenters. The number of hydrogen-bond donors (Lipinski definition) is 1. The minimum atomic E-state index is -0.238. The molecule has 0 fully saturated rings. The van der Waals surface area contributed by atoms with Crippen LogP contribution in [-0.2, 0) is 13.0 Å². The van der Waals surface area contributed by atoms with Gasteiger partial charge in [0, 0.05) is 24.3 Å². The van der Waals surface area contributed by atoms with Gasteiger partial charge < -0.3 is 10.2 Å². The van der Waals surface area contributed by atoms with Crippen molar-refractivity contribution in [2.75, 3.05) is 12.0 Å². The van der Waals surface area contributed by atoms with E-state index in [0.717, 1.165) is 35.2 Å². The van der Waals surface area contributed by atoms with Crippen molar-refractivity contribution in [3.8, 4) is 5.75 Å². The number of ether oxygens (including phenoxy) is 1. The predicted octanol–water partition coefficient (Wildman–Crippen LogP) is 5.24. The summed E-state index contributed by atoms with van der Waals surface area (Å²) in [6.07, 6.45) is 6.49. The lowest BCUT2D eigenvalue weighted by Gasteiger charge is -2.10. The van der Waals surface area contributed by atoms with Gasteiger partial charge in [-0.1, -0.05) is 30.3 Å². The van der Waals surface area contributed by atoms with Crippen molar-refractivity contribution in [2.24, 2.45) is 0 Å². The number of fused-ring (bicyclic) bond motifs is 1. The lowest BCUT2D eigenvalue weighted by Crippen LogP contribution is -2.15. The summed E-state index contributed by atoms with van der Waals surface area (Å²) in [5.41, 5.74) is 7.54. The van der Waals surface area contributed by atoms with Gasteiger partial charge in [0.2, 0.25) is 0 Å². The summed E-state index contributed by atoms with van der Waals surface area (Å²) in [7, 11) is 0. The highest BCUT2D eigenvalue weighted by Crippen LogP contribution is 2.25. The summed E-state index contributed by atoms with van der Waals surface area (Å²) < 4.78 is 21.6. The summed E-state index contributed by atoms with van der Waals surface area (Å²) >= 11 is 0. The first-order chi connectivity index (χ1) is 14.2. The van der Waals surface area contributed by atoms with Crippen LogP contribution in [0.15, 0.2) is 73.2 Å². The third-order valence-electron chi connectivity index (χ3n) is 4.98. The third kappa shape index (κ3) is 4.57. The van der Waals surface area contributed by atoms with Crippen LogP contribution >= 0.6 is 0 Å². The van der Waals surface area contributed by atoms with E-state index in [-0.39, 0.29) is 5.82 Å². The molecule has 0 saturated carbocycles. The van der Waals surface area contributed by atoms with Gasteiger partial charge in [0.25, 0.3) is 0 Å². The van der Waals surface area contributed by atoms with E-state index in [0.29, 0.717) is 18.6 Å². The Hall–Kier alpha value is -3.34. The van der Waals surface area contributed by atoms with Crippen LogP contribution < -0.4 is 10.2 Å². The number of nitrogens with one attached hydrogen (secondary N) is 1. The number of hydrogen-bond acceptors (Lipinski definition) is 3. The van der Waals surface area contributed by atoms with Gasteiger partial charge in [0.1, 0.15) is 18.2 Å². The van der Waals surface area contributed by atoms with Crippen molar-refractivity contribution < 1.29 is 9.13 Å². The first-order valence-electron chi connectivity index (χ1n) is 9.81. The molecule has 2 aromatic heterocycles. The molecule has 0 aliphatic heterocycles. The topological polar surface area (TPSA) is 39.1 Å². The van der Waals surface area contributed by atoms with E-state index < -0.39 is 0 Å². The van der Waals surface area contributed by atoms with Crippen molar-refractivity contribution in [3.63, 3.8) is 0 Å². The molecular formula is C24H24FN3O. The minimum absolute atomic E-state index is 0.238. The van der Waals surface area contributed by atoms with Gasteiger partial charge in [-0.3, -0.25) is 9.66 Å². The number of halogens is 1. The zero-order chi connectivity index (χ0) is 20.1. The lowest BCUT2D eigenvalue weighted by molar-refractivity contribution is 0.306. The summed E-state index contributed by atoms with van der Waals surface area (Å²) in [6.45, 7) is 3.39. The summed E-state index contributed by atoms with van der Waals surface area (Å²) in [4.78, 5) is 3.79. The number of aryl methyl sites for hydroxylation is 2. The molecule has 29 heavy (non-hydrogen) atoms. The van der Waals surface area contributed by atoms with Crippen LogP contribution in [0, 0.1) is 12.7 Å². The molecule has 0 aliphatic carbocycles. The molecule has 2 heterocycles. The molecule has 4 nitrogen and oxygen atoms in total. The maximum absolute atomic E-state index is 13.7. The number of aromatic nitrogens is 2. The molecule has 148 valence electrons. The minimum Gasteiger partial charge on any atom is -0.489 e. The Morgan fingerprint density at radius 3 is 2.79 bits per heavy atom. The molecule has 2 aromatic carbocycles. The average molecular weight is 389 g/mol. The van der Waals surface area contributed by atoms with Crippen LogP contribution in [0.2, 0.25) is 0 Å². The lowest BCUT2D eigenvalue weighted by atomic mass is 10.1. The molecule has 0 aliphatic rings. The standard InChI is InChI=1S/C24H24FN3O/c1-18-16-28(27-12-5-8-20-11-13-26-15-23(20)25)24-10-9-21(14-22(18)24)29-17-19-6-3-2-4-7-19/h2-4,6-7,9-11,13-16,27H,5,8,12,17H2,1H3. The molecular weight excluding hydrogens is 365 g/mol. The summed E-state index contributed by atoms with van der Waals surface area (Å²) in [5, 5.41) is 1.16. The van der Waals surface area contributed by atoms with Gasteiger partial charge in [-0.15, -0.1) is 0 Å². The van der Waals surface area contributed by atoms with Gasteiger partial charge >= 0.3 is 0 Å². The van der Waals surface area contributed by atoms with Crippen molar-refractivity contribution >= 4 is 10.9 Å². The number of rotatable bonds is 8. The fraction of sp³-hybridized carbons (Fsp3) is 0.208. The highest BCUT2D eigenvalue weighted by molar-refractivity contribution is 5.85. The quantitative estimate of drug-likeness (QED) is 0.419. The molecule has 0 amide bonds. The van der Waals surface area contributed by atoms with Crippen LogP contribution in [-0.4, -0.2) is 16.2 Å². The molecule has 1 N–H and O–H groups in total. The third-order valence-corrected chi connectivity index (χ3v) is 4.98. The molecule has 5 heteroatoms. The first kappa shape index (κ1) is 19.0. The second kappa shape index (κ2) is 8.78. The number of nitrogens with zero attached hydrogens (tertiary/aromatic N) is 2. The Labute approximate surface area is 169 Å².